The Bertz CT molecular complexity index is 815. The maximum absolute atomic E-state index is 12.5. The molecule has 3 atom stereocenters. The van der Waals surface area contributed by atoms with E-state index in [1.807, 2.05) is 41.9 Å². The standard InChI is InChI=1S/C21H22ClNO4S/c22-14-1-3-15(4-2-14)26-16-7-9-19(10-8-16)28-13-21(20(24)23-25)11-17-5-6-18(12-21)27-17/h1-4,7-10,17-18,25H,5-6,11-13H2,(H,23,24)/t17-,18+,21?. The van der Waals surface area contributed by atoms with Crippen LogP contribution < -0.4 is 10.2 Å². The lowest BCUT2D eigenvalue weighted by atomic mass is 9.78. The zero-order valence-electron chi connectivity index (χ0n) is 15.3. The van der Waals surface area contributed by atoms with Crippen LogP contribution in [0.3, 0.4) is 0 Å². The Balaban J connectivity index is 1.40. The van der Waals surface area contributed by atoms with Crippen LogP contribution in [0.15, 0.2) is 53.4 Å². The Morgan fingerprint density at radius 2 is 1.68 bits per heavy atom. The van der Waals surface area contributed by atoms with Gasteiger partial charge in [0, 0.05) is 15.7 Å². The van der Waals surface area contributed by atoms with Gasteiger partial charge in [-0.25, -0.2) is 5.48 Å². The summed E-state index contributed by atoms with van der Waals surface area (Å²) in [7, 11) is 0. The van der Waals surface area contributed by atoms with Crippen molar-refractivity contribution >= 4 is 29.3 Å². The first kappa shape index (κ1) is 19.6. The molecule has 0 saturated carbocycles. The number of ether oxygens (including phenoxy) is 2. The lowest BCUT2D eigenvalue weighted by Gasteiger charge is -2.38. The number of carbonyl (C=O) groups excluding carboxylic acids is 1. The number of fused-ring (bicyclic) bond motifs is 2. The molecule has 0 radical (unpaired) electrons. The fourth-order valence-corrected chi connectivity index (χ4v) is 5.25. The summed E-state index contributed by atoms with van der Waals surface area (Å²) < 4.78 is 11.7. The first-order valence-corrected chi connectivity index (χ1v) is 10.7. The fraction of sp³-hybridized carbons (Fsp3) is 0.381. The molecule has 2 bridgehead atoms. The largest absolute Gasteiger partial charge is 0.457 e. The van der Waals surface area contributed by atoms with Gasteiger partial charge in [0.15, 0.2) is 0 Å². The maximum atomic E-state index is 12.5. The van der Waals surface area contributed by atoms with E-state index in [0.29, 0.717) is 23.6 Å². The highest BCUT2D eigenvalue weighted by molar-refractivity contribution is 7.99. The fourth-order valence-electron chi connectivity index (χ4n) is 3.99. The number of hydrogen-bond acceptors (Lipinski definition) is 5. The van der Waals surface area contributed by atoms with E-state index < -0.39 is 5.41 Å². The van der Waals surface area contributed by atoms with Crippen molar-refractivity contribution in [2.45, 2.75) is 42.8 Å². The minimum atomic E-state index is -0.595. The Kier molecular flexibility index (Phi) is 5.83. The molecule has 2 aromatic carbocycles. The van der Waals surface area contributed by atoms with Crippen LogP contribution in [-0.2, 0) is 9.53 Å². The molecule has 28 heavy (non-hydrogen) atoms. The number of halogens is 1. The van der Waals surface area contributed by atoms with Crippen LogP contribution >= 0.6 is 23.4 Å². The first-order valence-electron chi connectivity index (χ1n) is 9.33. The first-order chi connectivity index (χ1) is 13.6. The lowest BCUT2D eigenvalue weighted by molar-refractivity contribution is -0.148. The molecule has 1 unspecified atom stereocenters. The number of thioether (sulfide) groups is 1. The summed E-state index contributed by atoms with van der Waals surface area (Å²) in [5.74, 6) is 1.76. The Labute approximate surface area is 173 Å². The van der Waals surface area contributed by atoms with Gasteiger partial charge in [0.2, 0.25) is 0 Å². The van der Waals surface area contributed by atoms with Crippen molar-refractivity contribution in [3.8, 4) is 11.5 Å². The van der Waals surface area contributed by atoms with Crippen molar-refractivity contribution in [2.75, 3.05) is 5.75 Å². The number of hydrogen-bond donors (Lipinski definition) is 2. The van der Waals surface area contributed by atoms with Gasteiger partial charge in [0.05, 0.1) is 17.6 Å². The molecule has 148 valence electrons. The Morgan fingerprint density at radius 1 is 1.11 bits per heavy atom. The molecular weight excluding hydrogens is 398 g/mol. The highest BCUT2D eigenvalue weighted by Crippen LogP contribution is 2.46. The van der Waals surface area contributed by atoms with Gasteiger partial charge in [0.25, 0.3) is 5.91 Å². The number of rotatable bonds is 6. The predicted octanol–water partition coefficient (Wildman–Crippen LogP) is 5.06. The molecule has 2 heterocycles. The lowest BCUT2D eigenvalue weighted by Crippen LogP contribution is -2.48. The summed E-state index contributed by atoms with van der Waals surface area (Å²) in [6.45, 7) is 0. The number of amides is 1. The summed E-state index contributed by atoms with van der Waals surface area (Å²) in [4.78, 5) is 13.5. The van der Waals surface area contributed by atoms with E-state index in [2.05, 4.69) is 0 Å². The summed E-state index contributed by atoms with van der Waals surface area (Å²) in [6, 6.07) is 15.0. The van der Waals surface area contributed by atoms with E-state index in [4.69, 9.17) is 21.1 Å². The smallest absolute Gasteiger partial charge is 0.250 e. The van der Waals surface area contributed by atoms with Crippen LogP contribution in [0.4, 0.5) is 0 Å². The molecule has 0 aliphatic carbocycles. The van der Waals surface area contributed by atoms with Crippen LogP contribution in [0.1, 0.15) is 25.7 Å². The molecule has 4 rings (SSSR count). The molecule has 7 heteroatoms. The minimum Gasteiger partial charge on any atom is -0.457 e. The summed E-state index contributed by atoms with van der Waals surface area (Å²) in [6.07, 6.45) is 3.53. The van der Waals surface area contributed by atoms with Gasteiger partial charge in [-0.05, 0) is 74.2 Å². The van der Waals surface area contributed by atoms with E-state index >= 15 is 0 Å². The van der Waals surface area contributed by atoms with Gasteiger partial charge in [-0.1, -0.05) is 11.6 Å². The normalized spacial score (nSPS) is 26.1. The Morgan fingerprint density at radius 3 is 2.25 bits per heavy atom. The summed E-state index contributed by atoms with van der Waals surface area (Å²) >= 11 is 7.51. The monoisotopic (exact) mass is 419 g/mol. The van der Waals surface area contributed by atoms with E-state index in [9.17, 15) is 10.0 Å². The van der Waals surface area contributed by atoms with Crippen LogP contribution in [0, 0.1) is 5.41 Å². The molecule has 5 nitrogen and oxygen atoms in total. The average Bonchev–Trinajstić information content (AvgIpc) is 3.07. The van der Waals surface area contributed by atoms with Crippen LogP contribution in [0.25, 0.3) is 0 Å². The third-order valence-electron chi connectivity index (χ3n) is 5.40. The second kappa shape index (κ2) is 8.33. The Hall–Kier alpha value is -1.73. The van der Waals surface area contributed by atoms with Gasteiger partial charge >= 0.3 is 0 Å². The van der Waals surface area contributed by atoms with Crippen molar-refractivity contribution in [2.24, 2.45) is 5.41 Å². The molecule has 0 spiro atoms. The highest BCUT2D eigenvalue weighted by atomic mass is 35.5. The van der Waals surface area contributed by atoms with Crippen LogP contribution in [0.2, 0.25) is 5.02 Å². The second-order valence-electron chi connectivity index (χ2n) is 7.40. The molecular formula is C21H22ClNO4S. The van der Waals surface area contributed by atoms with E-state index in [1.54, 1.807) is 23.9 Å². The van der Waals surface area contributed by atoms with Crippen LogP contribution in [-0.4, -0.2) is 29.1 Å². The highest BCUT2D eigenvalue weighted by Gasteiger charge is 2.49. The molecule has 2 N–H and O–H groups in total. The topological polar surface area (TPSA) is 67.8 Å². The molecule has 1 amide bonds. The molecule has 2 saturated heterocycles. The third kappa shape index (κ3) is 4.30. The van der Waals surface area contributed by atoms with Crippen molar-refractivity contribution in [1.82, 2.24) is 5.48 Å². The van der Waals surface area contributed by atoms with E-state index in [-0.39, 0.29) is 18.1 Å². The van der Waals surface area contributed by atoms with Gasteiger partial charge in [-0.15, -0.1) is 11.8 Å². The zero-order chi connectivity index (χ0) is 19.6. The third-order valence-corrected chi connectivity index (χ3v) is 6.96. The molecule has 2 aromatic rings. The minimum absolute atomic E-state index is 0.117. The van der Waals surface area contributed by atoms with Crippen molar-refractivity contribution in [1.29, 1.82) is 0 Å². The van der Waals surface area contributed by atoms with Crippen molar-refractivity contribution in [3.63, 3.8) is 0 Å². The maximum Gasteiger partial charge on any atom is 0.250 e. The van der Waals surface area contributed by atoms with Crippen molar-refractivity contribution in [3.05, 3.63) is 53.6 Å². The number of benzene rings is 2. The second-order valence-corrected chi connectivity index (χ2v) is 8.89. The average molecular weight is 420 g/mol. The number of hydroxylamine groups is 1. The molecule has 2 aliphatic heterocycles. The van der Waals surface area contributed by atoms with Gasteiger partial charge in [-0.2, -0.15) is 0 Å². The number of nitrogens with one attached hydrogen (secondary N) is 1. The number of carbonyl (C=O) groups is 1. The zero-order valence-corrected chi connectivity index (χ0v) is 16.8. The predicted molar refractivity (Wildman–Crippen MR) is 108 cm³/mol. The van der Waals surface area contributed by atoms with Gasteiger partial charge < -0.3 is 9.47 Å². The van der Waals surface area contributed by atoms with Gasteiger partial charge in [0.1, 0.15) is 11.5 Å². The summed E-state index contributed by atoms with van der Waals surface area (Å²) in [5.41, 5.74) is 1.29. The SMILES string of the molecule is O=C(NO)C1(CSc2ccc(Oc3ccc(Cl)cc3)cc2)C[C@H]2CC[C@@H](C1)O2. The molecule has 0 aromatic heterocycles. The molecule has 2 fully saturated rings. The van der Waals surface area contributed by atoms with E-state index in [1.165, 1.54) is 0 Å². The van der Waals surface area contributed by atoms with Crippen molar-refractivity contribution < 1.29 is 19.5 Å². The van der Waals surface area contributed by atoms with Gasteiger partial charge in [-0.3, -0.25) is 10.0 Å². The summed E-state index contributed by atoms with van der Waals surface area (Å²) in [5, 5.41) is 9.93. The van der Waals surface area contributed by atoms with Crippen LogP contribution in [0.5, 0.6) is 11.5 Å². The van der Waals surface area contributed by atoms with E-state index in [0.717, 1.165) is 29.2 Å². The quantitative estimate of drug-likeness (QED) is 0.389. The molecule has 2 aliphatic rings.